The van der Waals surface area contributed by atoms with Crippen molar-refractivity contribution in [3.63, 3.8) is 0 Å². The minimum absolute atomic E-state index is 0.186. The molecule has 1 aliphatic carbocycles. The van der Waals surface area contributed by atoms with Crippen molar-refractivity contribution in [1.82, 2.24) is 10.1 Å². The van der Waals surface area contributed by atoms with Crippen LogP contribution in [0.3, 0.4) is 0 Å². The normalized spacial score (nSPS) is 14.1. The van der Waals surface area contributed by atoms with E-state index >= 15 is 0 Å². The van der Waals surface area contributed by atoms with E-state index in [1.54, 1.807) is 43.3 Å². The molecule has 0 N–H and O–H groups in total. The van der Waals surface area contributed by atoms with Crippen LogP contribution in [-0.4, -0.2) is 15.9 Å². The largest absolute Gasteiger partial charge is 0.483 e. The smallest absolute Gasteiger partial charge is 0.258 e. The molecule has 5 rings (SSSR count). The Morgan fingerprint density at radius 2 is 1.85 bits per heavy atom. The number of halogens is 1. The third-order valence-corrected chi connectivity index (χ3v) is 5.74. The minimum Gasteiger partial charge on any atom is -0.483 e. The number of nitrogens with zero attached hydrogens (tertiary/aromatic N) is 2. The molecule has 1 saturated carbocycles. The summed E-state index contributed by atoms with van der Waals surface area (Å²) in [4.78, 5) is 16.5. The highest BCUT2D eigenvalue weighted by Crippen LogP contribution is 2.33. The number of aromatic nitrogens is 2. The predicted octanol–water partition coefficient (Wildman–Crippen LogP) is 6.20. The van der Waals surface area contributed by atoms with E-state index in [1.165, 1.54) is 6.07 Å². The Kier molecular flexibility index (Phi) is 5.73. The second kappa shape index (κ2) is 8.98. The monoisotopic (exact) mass is 442 g/mol. The number of carbonyl (C=O) groups is 1. The summed E-state index contributed by atoms with van der Waals surface area (Å²) < 4.78 is 25.9. The Labute approximate surface area is 191 Å². The van der Waals surface area contributed by atoms with E-state index in [-0.39, 0.29) is 23.4 Å². The standard InChI is InChI=1S/C27H23FN2O3/c1-17(32-23-13-11-20(12-14-23)25(31)19-7-8-19)26-29-27(33-30-26)22-10-9-21(24(28)16-22)15-18-5-3-2-4-6-18/h2-6,9-14,16-17,19H,7-8,15H2,1H3. The van der Waals surface area contributed by atoms with Crippen LogP contribution in [0.25, 0.3) is 11.5 Å². The van der Waals surface area contributed by atoms with Crippen LogP contribution in [0.4, 0.5) is 4.39 Å². The van der Waals surface area contributed by atoms with E-state index in [9.17, 15) is 9.18 Å². The Hall–Kier alpha value is -3.80. The molecule has 1 aromatic heterocycles. The predicted molar refractivity (Wildman–Crippen MR) is 121 cm³/mol. The van der Waals surface area contributed by atoms with Gasteiger partial charge < -0.3 is 9.26 Å². The first-order valence-corrected chi connectivity index (χ1v) is 11.0. The molecule has 0 radical (unpaired) electrons. The molecule has 0 spiro atoms. The van der Waals surface area contributed by atoms with E-state index in [4.69, 9.17) is 9.26 Å². The summed E-state index contributed by atoms with van der Waals surface area (Å²) in [7, 11) is 0. The first-order valence-electron chi connectivity index (χ1n) is 11.0. The average molecular weight is 442 g/mol. The van der Waals surface area contributed by atoms with Gasteiger partial charge >= 0.3 is 0 Å². The summed E-state index contributed by atoms with van der Waals surface area (Å²) >= 11 is 0. The fourth-order valence-electron chi connectivity index (χ4n) is 3.69. The highest BCUT2D eigenvalue weighted by molar-refractivity contribution is 5.99. The van der Waals surface area contributed by atoms with Crippen LogP contribution in [0.1, 0.15) is 53.2 Å². The summed E-state index contributed by atoms with van der Waals surface area (Å²) in [6.07, 6.45) is 1.99. The van der Waals surface area contributed by atoms with E-state index in [2.05, 4.69) is 10.1 Å². The van der Waals surface area contributed by atoms with Crippen molar-refractivity contribution in [3.05, 3.63) is 101 Å². The quantitative estimate of drug-likeness (QED) is 0.304. The van der Waals surface area contributed by atoms with Crippen molar-refractivity contribution >= 4 is 5.78 Å². The van der Waals surface area contributed by atoms with Gasteiger partial charge in [0.1, 0.15) is 11.6 Å². The molecule has 0 saturated heterocycles. The van der Waals surface area contributed by atoms with Gasteiger partial charge in [-0.05, 0) is 67.3 Å². The zero-order valence-electron chi connectivity index (χ0n) is 18.2. The lowest BCUT2D eigenvalue weighted by Crippen LogP contribution is -2.06. The number of rotatable bonds is 8. The van der Waals surface area contributed by atoms with E-state index in [0.717, 1.165) is 18.4 Å². The Morgan fingerprint density at radius 3 is 2.55 bits per heavy atom. The van der Waals surface area contributed by atoms with Gasteiger partial charge in [0, 0.05) is 23.5 Å². The molecule has 6 heteroatoms. The number of carbonyl (C=O) groups excluding carboxylic acids is 1. The van der Waals surface area contributed by atoms with Crippen LogP contribution in [0.2, 0.25) is 0 Å². The van der Waals surface area contributed by atoms with Crippen molar-refractivity contribution < 1.29 is 18.4 Å². The third-order valence-electron chi connectivity index (χ3n) is 5.74. The maximum Gasteiger partial charge on any atom is 0.258 e. The molecule has 5 nitrogen and oxygen atoms in total. The minimum atomic E-state index is -0.477. The molecule has 3 aromatic carbocycles. The zero-order chi connectivity index (χ0) is 22.8. The number of ether oxygens (including phenoxy) is 1. The lowest BCUT2D eigenvalue weighted by Gasteiger charge is -2.11. The zero-order valence-corrected chi connectivity index (χ0v) is 18.2. The average Bonchev–Trinajstić information content (AvgIpc) is 3.57. The highest BCUT2D eigenvalue weighted by Gasteiger charge is 2.30. The lowest BCUT2D eigenvalue weighted by atomic mass is 10.0. The van der Waals surface area contributed by atoms with Gasteiger partial charge in [-0.25, -0.2) is 4.39 Å². The molecule has 1 unspecified atom stereocenters. The van der Waals surface area contributed by atoms with Gasteiger partial charge in [-0.1, -0.05) is 41.6 Å². The van der Waals surface area contributed by atoms with Gasteiger partial charge in [0.05, 0.1) is 0 Å². The second-order valence-electron chi connectivity index (χ2n) is 8.35. The first-order chi connectivity index (χ1) is 16.1. The van der Waals surface area contributed by atoms with Crippen molar-refractivity contribution in [3.8, 4) is 17.2 Å². The second-order valence-corrected chi connectivity index (χ2v) is 8.35. The van der Waals surface area contributed by atoms with Crippen molar-refractivity contribution in [2.24, 2.45) is 5.92 Å². The Morgan fingerprint density at radius 1 is 1.09 bits per heavy atom. The topological polar surface area (TPSA) is 65.2 Å². The summed E-state index contributed by atoms with van der Waals surface area (Å²) in [6.45, 7) is 1.81. The first kappa shape index (κ1) is 21.1. The van der Waals surface area contributed by atoms with Gasteiger partial charge in [0.2, 0.25) is 5.82 Å². The van der Waals surface area contributed by atoms with Crippen LogP contribution < -0.4 is 4.74 Å². The molecular formula is C27H23FN2O3. The lowest BCUT2D eigenvalue weighted by molar-refractivity contribution is 0.0967. The number of hydrogen-bond donors (Lipinski definition) is 0. The number of ketones is 1. The highest BCUT2D eigenvalue weighted by atomic mass is 19.1. The molecule has 0 amide bonds. The Bertz CT molecular complexity index is 1260. The SMILES string of the molecule is CC(Oc1ccc(C(=O)C2CC2)cc1)c1noc(-c2ccc(Cc3ccccc3)c(F)c2)n1. The fourth-order valence-corrected chi connectivity index (χ4v) is 3.69. The number of hydrogen-bond acceptors (Lipinski definition) is 5. The van der Waals surface area contributed by atoms with Gasteiger partial charge in [0.15, 0.2) is 11.9 Å². The third kappa shape index (κ3) is 4.85. The van der Waals surface area contributed by atoms with Crippen molar-refractivity contribution in [2.45, 2.75) is 32.3 Å². The molecule has 1 atom stereocenters. The van der Waals surface area contributed by atoms with E-state index in [1.807, 2.05) is 30.3 Å². The molecule has 0 bridgehead atoms. The summed E-state index contributed by atoms with van der Waals surface area (Å²) in [5.74, 6) is 1.26. The molecule has 1 aliphatic rings. The Balaban J connectivity index is 1.25. The van der Waals surface area contributed by atoms with Gasteiger partial charge in [-0.15, -0.1) is 0 Å². The van der Waals surface area contributed by atoms with Crippen LogP contribution >= 0.6 is 0 Å². The van der Waals surface area contributed by atoms with Crippen LogP contribution in [0, 0.1) is 11.7 Å². The molecule has 1 fully saturated rings. The number of Topliss-reactive ketones (excluding diaryl/α,β-unsaturated/α-hetero) is 1. The van der Waals surface area contributed by atoms with Crippen LogP contribution in [-0.2, 0) is 6.42 Å². The van der Waals surface area contributed by atoms with Crippen molar-refractivity contribution in [2.75, 3.05) is 0 Å². The molecular weight excluding hydrogens is 419 g/mol. The summed E-state index contributed by atoms with van der Waals surface area (Å²) in [5, 5.41) is 4.00. The van der Waals surface area contributed by atoms with Gasteiger partial charge in [-0.3, -0.25) is 4.79 Å². The molecule has 33 heavy (non-hydrogen) atoms. The van der Waals surface area contributed by atoms with Crippen LogP contribution in [0.15, 0.2) is 77.3 Å². The molecule has 0 aliphatic heterocycles. The van der Waals surface area contributed by atoms with E-state index in [0.29, 0.717) is 34.7 Å². The molecule has 166 valence electrons. The van der Waals surface area contributed by atoms with Crippen molar-refractivity contribution in [1.29, 1.82) is 0 Å². The number of benzene rings is 3. The molecule has 4 aromatic rings. The van der Waals surface area contributed by atoms with Gasteiger partial charge in [0.25, 0.3) is 5.89 Å². The van der Waals surface area contributed by atoms with Crippen LogP contribution in [0.5, 0.6) is 5.75 Å². The van der Waals surface area contributed by atoms with Gasteiger partial charge in [-0.2, -0.15) is 4.98 Å². The maximum atomic E-state index is 14.7. The molecule has 1 heterocycles. The summed E-state index contributed by atoms with van der Waals surface area (Å²) in [6, 6.07) is 21.8. The maximum absolute atomic E-state index is 14.7. The fraction of sp³-hybridized carbons (Fsp3) is 0.222. The summed E-state index contributed by atoms with van der Waals surface area (Å²) in [5.41, 5.74) is 2.86. The van der Waals surface area contributed by atoms with E-state index < -0.39 is 6.10 Å².